The maximum Gasteiger partial charge on any atom is 0.345 e. The minimum Gasteiger partial charge on any atom is -0.388 e. The Kier molecular flexibility index (Phi) is 7.45. The van der Waals surface area contributed by atoms with Gasteiger partial charge in [0.25, 0.3) is 0 Å². The van der Waals surface area contributed by atoms with Gasteiger partial charge in [-0.15, -0.1) is 12.4 Å². The minimum atomic E-state index is -1.91. The third kappa shape index (κ3) is 5.52. The number of ether oxygens (including phenoxy) is 2. The second kappa shape index (κ2) is 9.31. The first-order chi connectivity index (χ1) is 11.5. The molecule has 25 heavy (non-hydrogen) atoms. The molecule has 2 aromatic carbocycles. The van der Waals surface area contributed by atoms with Crippen LogP contribution in [0.15, 0.2) is 60.7 Å². The van der Waals surface area contributed by atoms with E-state index in [0.29, 0.717) is 0 Å². The molecule has 130 valence electrons. The van der Waals surface area contributed by atoms with Gasteiger partial charge in [0.15, 0.2) is 0 Å². The third-order valence-electron chi connectivity index (χ3n) is 2.91. The second-order valence-electron chi connectivity index (χ2n) is 4.63. The van der Waals surface area contributed by atoms with E-state index in [1.165, 1.54) is 24.3 Å². The molecule has 7 nitrogen and oxygen atoms in total. The summed E-state index contributed by atoms with van der Waals surface area (Å²) in [6, 6.07) is 13.5. The summed E-state index contributed by atoms with van der Waals surface area (Å²) in [5, 5.41) is 0. The smallest absolute Gasteiger partial charge is 0.345 e. The van der Waals surface area contributed by atoms with Gasteiger partial charge < -0.3 is 15.2 Å². The van der Waals surface area contributed by atoms with E-state index >= 15 is 0 Å². The van der Waals surface area contributed by atoms with Gasteiger partial charge in [-0.1, -0.05) is 36.4 Å². The summed E-state index contributed by atoms with van der Waals surface area (Å²) in [4.78, 5) is 46.8. The van der Waals surface area contributed by atoms with Crippen molar-refractivity contribution in [3.8, 4) is 0 Å². The van der Waals surface area contributed by atoms with Crippen LogP contribution in [0.5, 0.6) is 0 Å². The van der Waals surface area contributed by atoms with Crippen LogP contribution in [0.25, 0.3) is 0 Å². The number of halogens is 1. The van der Waals surface area contributed by atoms with Crippen LogP contribution in [-0.4, -0.2) is 29.9 Å². The van der Waals surface area contributed by atoms with Crippen molar-refractivity contribution < 1.29 is 28.7 Å². The van der Waals surface area contributed by atoms with Crippen LogP contribution < -0.4 is 5.73 Å². The fourth-order valence-electron chi connectivity index (χ4n) is 1.67. The molecular weight excluding hydrogens is 350 g/mol. The van der Waals surface area contributed by atoms with Gasteiger partial charge in [-0.3, -0.25) is 0 Å². The Morgan fingerprint density at radius 2 is 1.00 bits per heavy atom. The highest BCUT2D eigenvalue weighted by molar-refractivity contribution is 6.09. The summed E-state index contributed by atoms with van der Waals surface area (Å²) in [6.07, 6.45) is 0. The zero-order valence-electron chi connectivity index (χ0n) is 12.8. The van der Waals surface area contributed by atoms with Crippen LogP contribution in [0.3, 0.4) is 0 Å². The summed E-state index contributed by atoms with van der Waals surface area (Å²) in [7, 11) is 0. The first-order valence-corrected chi connectivity index (χ1v) is 6.87. The zero-order valence-corrected chi connectivity index (χ0v) is 13.6. The Morgan fingerprint density at radius 1 is 0.680 bits per heavy atom. The Labute approximate surface area is 149 Å². The summed E-state index contributed by atoms with van der Waals surface area (Å²) < 4.78 is 8.98. The largest absolute Gasteiger partial charge is 0.388 e. The molecule has 0 fully saturated rings. The number of esters is 4. The first-order valence-electron chi connectivity index (χ1n) is 6.87. The Hall–Kier alpha value is -3.03. The molecule has 2 N–H and O–H groups in total. The number of rotatable bonds is 4. The van der Waals surface area contributed by atoms with Gasteiger partial charge in [0, 0.05) is 0 Å². The van der Waals surface area contributed by atoms with Crippen LogP contribution in [0.4, 0.5) is 0 Å². The average Bonchev–Trinajstić information content (AvgIpc) is 2.62. The van der Waals surface area contributed by atoms with Gasteiger partial charge in [0.2, 0.25) is 6.04 Å². The maximum absolute atomic E-state index is 11.7. The van der Waals surface area contributed by atoms with Crippen molar-refractivity contribution in [2.75, 3.05) is 0 Å². The predicted octanol–water partition coefficient (Wildman–Crippen LogP) is 1.50. The van der Waals surface area contributed by atoms with Gasteiger partial charge in [-0.2, -0.15) is 0 Å². The van der Waals surface area contributed by atoms with Crippen molar-refractivity contribution in [3.05, 3.63) is 71.8 Å². The zero-order chi connectivity index (χ0) is 17.5. The van der Waals surface area contributed by atoms with E-state index in [9.17, 15) is 19.2 Å². The molecule has 0 bridgehead atoms. The molecule has 0 spiro atoms. The molecule has 0 aliphatic rings. The summed E-state index contributed by atoms with van der Waals surface area (Å²) in [5.74, 6) is -4.54. The van der Waals surface area contributed by atoms with Crippen LogP contribution in [0.2, 0.25) is 0 Å². The van der Waals surface area contributed by atoms with Crippen molar-refractivity contribution in [2.45, 2.75) is 6.04 Å². The average molecular weight is 364 g/mol. The quantitative estimate of drug-likeness (QED) is 0.646. The number of carbonyl (C=O) groups excluding carboxylic acids is 4. The second-order valence-corrected chi connectivity index (χ2v) is 4.63. The van der Waals surface area contributed by atoms with Gasteiger partial charge in [0.05, 0.1) is 11.1 Å². The van der Waals surface area contributed by atoms with Crippen LogP contribution in [0, 0.1) is 0 Å². The van der Waals surface area contributed by atoms with E-state index in [1.54, 1.807) is 36.4 Å². The van der Waals surface area contributed by atoms with Crippen molar-refractivity contribution in [1.29, 1.82) is 0 Å². The van der Waals surface area contributed by atoms with Crippen molar-refractivity contribution in [2.24, 2.45) is 5.73 Å². The maximum atomic E-state index is 11.7. The molecule has 2 rings (SSSR count). The molecule has 0 radical (unpaired) electrons. The first kappa shape index (κ1) is 20.0. The van der Waals surface area contributed by atoms with E-state index < -0.39 is 29.9 Å². The normalized spacial score (nSPS) is 9.68. The lowest BCUT2D eigenvalue weighted by atomic mass is 10.2. The monoisotopic (exact) mass is 363 g/mol. The lowest BCUT2D eigenvalue weighted by molar-refractivity contribution is -0.150. The molecular formula is C17H14ClNO6. The predicted molar refractivity (Wildman–Crippen MR) is 89.0 cm³/mol. The lowest BCUT2D eigenvalue weighted by Crippen LogP contribution is -2.42. The summed E-state index contributed by atoms with van der Waals surface area (Å²) >= 11 is 0. The molecule has 0 aliphatic heterocycles. The number of carbonyl (C=O) groups is 4. The molecule has 0 amide bonds. The molecule has 0 saturated heterocycles. The van der Waals surface area contributed by atoms with E-state index in [2.05, 4.69) is 9.47 Å². The van der Waals surface area contributed by atoms with E-state index in [1.807, 2.05) is 0 Å². The van der Waals surface area contributed by atoms with Gasteiger partial charge in [0.1, 0.15) is 0 Å². The lowest BCUT2D eigenvalue weighted by Gasteiger charge is -2.09. The Morgan fingerprint density at radius 3 is 1.32 bits per heavy atom. The fourth-order valence-corrected chi connectivity index (χ4v) is 1.67. The van der Waals surface area contributed by atoms with Crippen LogP contribution in [-0.2, 0) is 19.1 Å². The fraction of sp³-hybridized carbons (Fsp3) is 0.0588. The topological polar surface area (TPSA) is 113 Å². The van der Waals surface area contributed by atoms with Crippen LogP contribution in [0.1, 0.15) is 20.7 Å². The molecule has 0 unspecified atom stereocenters. The highest BCUT2D eigenvalue weighted by atomic mass is 35.5. The standard InChI is InChI=1S/C17H13NO6.ClH/c18-13(16(21)23-14(19)11-7-3-1-4-8-11)17(22)24-15(20)12-9-5-2-6-10-12;/h1-10,13H,18H2;1H. The number of benzene rings is 2. The van der Waals surface area contributed by atoms with Crippen molar-refractivity contribution in [3.63, 3.8) is 0 Å². The molecule has 0 saturated carbocycles. The van der Waals surface area contributed by atoms with Crippen LogP contribution >= 0.6 is 12.4 Å². The molecule has 0 heterocycles. The van der Waals surface area contributed by atoms with E-state index in [0.717, 1.165) is 0 Å². The third-order valence-corrected chi connectivity index (χ3v) is 2.91. The van der Waals surface area contributed by atoms with Gasteiger partial charge in [-0.05, 0) is 24.3 Å². The SMILES string of the molecule is Cl.NC(C(=O)OC(=O)c1ccccc1)C(=O)OC(=O)c1ccccc1. The summed E-state index contributed by atoms with van der Waals surface area (Å²) in [5.41, 5.74) is 5.59. The van der Waals surface area contributed by atoms with E-state index in [4.69, 9.17) is 5.73 Å². The molecule has 0 atom stereocenters. The van der Waals surface area contributed by atoms with Gasteiger partial charge in [-0.25, -0.2) is 19.2 Å². The number of nitrogens with two attached hydrogens (primary N) is 1. The Balaban J connectivity index is 0.00000312. The number of hydrogen-bond donors (Lipinski definition) is 1. The molecule has 0 aliphatic carbocycles. The highest BCUT2D eigenvalue weighted by Gasteiger charge is 2.30. The summed E-state index contributed by atoms with van der Waals surface area (Å²) in [6.45, 7) is 0. The minimum absolute atomic E-state index is 0. The Bertz CT molecular complexity index is 698. The van der Waals surface area contributed by atoms with Crippen molar-refractivity contribution >= 4 is 36.3 Å². The van der Waals surface area contributed by atoms with Crippen molar-refractivity contribution in [1.82, 2.24) is 0 Å². The van der Waals surface area contributed by atoms with Gasteiger partial charge >= 0.3 is 23.9 Å². The van der Waals surface area contributed by atoms with E-state index in [-0.39, 0.29) is 23.5 Å². The molecule has 2 aromatic rings. The molecule has 0 aromatic heterocycles. The highest BCUT2D eigenvalue weighted by Crippen LogP contribution is 2.05. The number of hydrogen-bond acceptors (Lipinski definition) is 7. The molecule has 8 heteroatoms.